The van der Waals surface area contributed by atoms with Crippen LogP contribution in [0.15, 0.2) is 48.5 Å². The zero-order chi connectivity index (χ0) is 19.8. The largest absolute Gasteiger partial charge is 0.416 e. The van der Waals surface area contributed by atoms with E-state index in [-0.39, 0.29) is 11.5 Å². The van der Waals surface area contributed by atoms with E-state index in [0.717, 1.165) is 35.5 Å². The van der Waals surface area contributed by atoms with Gasteiger partial charge < -0.3 is 9.80 Å². The summed E-state index contributed by atoms with van der Waals surface area (Å²) in [5.41, 5.74) is 1.08. The number of amides is 2. The fourth-order valence-corrected chi connectivity index (χ4v) is 3.22. The van der Waals surface area contributed by atoms with Crippen LogP contribution in [-0.4, -0.2) is 35.8 Å². The Morgan fingerprint density at radius 2 is 1.67 bits per heavy atom. The predicted octanol–water partition coefficient (Wildman–Crippen LogP) is 3.89. The number of piperazine rings is 1. The quantitative estimate of drug-likeness (QED) is 0.798. The van der Waals surface area contributed by atoms with Crippen molar-refractivity contribution in [2.45, 2.75) is 26.1 Å². The summed E-state index contributed by atoms with van der Waals surface area (Å²) in [5, 5.41) is 0. The highest BCUT2D eigenvalue weighted by Crippen LogP contribution is 2.30. The maximum Gasteiger partial charge on any atom is 0.416 e. The Morgan fingerprint density at radius 3 is 2.26 bits per heavy atom. The smallest absolute Gasteiger partial charge is 0.325 e. The molecule has 142 valence electrons. The lowest BCUT2D eigenvalue weighted by Crippen LogP contribution is -2.57. The van der Waals surface area contributed by atoms with Crippen molar-refractivity contribution >= 4 is 17.5 Å². The number of benzene rings is 2. The third kappa shape index (κ3) is 3.67. The number of aryl methyl sites for hydroxylation is 1. The standard InChI is InChI=1S/C20H19F3N2O2/c1-13-5-3-4-6-17(13)25-12-11-24(14(2)18(25)26)19(27)15-7-9-16(10-8-15)20(21,22)23/h3-10,14H,11-12H2,1-2H3/t14-/m0/s1. The molecule has 27 heavy (non-hydrogen) atoms. The van der Waals surface area contributed by atoms with Crippen molar-refractivity contribution in [1.82, 2.24) is 4.90 Å². The molecule has 0 spiro atoms. The van der Waals surface area contributed by atoms with E-state index < -0.39 is 23.7 Å². The summed E-state index contributed by atoms with van der Waals surface area (Å²) in [6.45, 7) is 4.18. The number of carbonyl (C=O) groups is 2. The monoisotopic (exact) mass is 376 g/mol. The van der Waals surface area contributed by atoms with Crippen molar-refractivity contribution in [3.05, 3.63) is 65.2 Å². The second-order valence-corrected chi connectivity index (χ2v) is 6.53. The molecule has 2 aromatic rings. The molecule has 0 N–H and O–H groups in total. The van der Waals surface area contributed by atoms with Crippen LogP contribution in [0.25, 0.3) is 0 Å². The Bertz CT molecular complexity index is 862. The first-order valence-corrected chi connectivity index (χ1v) is 8.55. The first kappa shape index (κ1) is 18.9. The number of nitrogens with zero attached hydrogens (tertiary/aromatic N) is 2. The number of rotatable bonds is 2. The van der Waals surface area contributed by atoms with E-state index in [0.29, 0.717) is 13.1 Å². The molecule has 0 bridgehead atoms. The highest BCUT2D eigenvalue weighted by atomic mass is 19.4. The molecule has 0 aliphatic carbocycles. The molecule has 1 atom stereocenters. The van der Waals surface area contributed by atoms with Gasteiger partial charge in [0.15, 0.2) is 0 Å². The van der Waals surface area contributed by atoms with Crippen LogP contribution in [0.1, 0.15) is 28.4 Å². The Labute approximate surface area is 155 Å². The van der Waals surface area contributed by atoms with Crippen molar-refractivity contribution < 1.29 is 22.8 Å². The Balaban J connectivity index is 1.78. The molecular weight excluding hydrogens is 357 g/mol. The molecular formula is C20H19F3N2O2. The molecule has 0 unspecified atom stereocenters. The van der Waals surface area contributed by atoms with Crippen LogP contribution in [-0.2, 0) is 11.0 Å². The van der Waals surface area contributed by atoms with Crippen molar-refractivity contribution in [1.29, 1.82) is 0 Å². The van der Waals surface area contributed by atoms with Crippen LogP contribution in [0.3, 0.4) is 0 Å². The van der Waals surface area contributed by atoms with E-state index in [9.17, 15) is 22.8 Å². The lowest BCUT2D eigenvalue weighted by molar-refractivity contribution is -0.137. The number of carbonyl (C=O) groups excluding carboxylic acids is 2. The maximum absolute atomic E-state index is 12.8. The first-order valence-electron chi connectivity index (χ1n) is 8.55. The van der Waals surface area contributed by atoms with E-state index in [4.69, 9.17) is 0 Å². The molecule has 3 rings (SSSR count). The van der Waals surface area contributed by atoms with Gasteiger partial charge in [-0.2, -0.15) is 13.2 Å². The van der Waals surface area contributed by atoms with E-state index >= 15 is 0 Å². The molecule has 1 saturated heterocycles. The van der Waals surface area contributed by atoms with E-state index in [1.54, 1.807) is 11.8 Å². The average Bonchev–Trinajstić information content (AvgIpc) is 2.63. The summed E-state index contributed by atoms with van der Waals surface area (Å²) >= 11 is 0. The van der Waals surface area contributed by atoms with Crippen LogP contribution in [0.2, 0.25) is 0 Å². The maximum atomic E-state index is 12.8. The predicted molar refractivity (Wildman–Crippen MR) is 95.5 cm³/mol. The number of anilines is 1. The fourth-order valence-electron chi connectivity index (χ4n) is 3.22. The molecule has 4 nitrogen and oxygen atoms in total. The van der Waals surface area contributed by atoms with E-state index in [2.05, 4.69) is 0 Å². The molecule has 0 saturated carbocycles. The zero-order valence-corrected chi connectivity index (χ0v) is 15.0. The van der Waals surface area contributed by atoms with Gasteiger partial charge >= 0.3 is 6.18 Å². The summed E-state index contributed by atoms with van der Waals surface area (Å²) in [4.78, 5) is 28.5. The highest BCUT2D eigenvalue weighted by molar-refractivity contribution is 6.03. The summed E-state index contributed by atoms with van der Waals surface area (Å²) in [6.07, 6.45) is -4.45. The van der Waals surface area contributed by atoms with Gasteiger partial charge in [0.1, 0.15) is 6.04 Å². The molecule has 1 aliphatic rings. The van der Waals surface area contributed by atoms with Crippen LogP contribution in [0, 0.1) is 6.92 Å². The lowest BCUT2D eigenvalue weighted by Gasteiger charge is -2.39. The second kappa shape index (κ2) is 7.06. The van der Waals surface area contributed by atoms with Crippen molar-refractivity contribution in [2.75, 3.05) is 18.0 Å². The minimum Gasteiger partial charge on any atom is -0.325 e. The topological polar surface area (TPSA) is 40.6 Å². The Kier molecular flexibility index (Phi) is 4.95. The first-order chi connectivity index (χ1) is 12.7. The molecule has 1 fully saturated rings. The van der Waals surface area contributed by atoms with Gasteiger partial charge in [-0.15, -0.1) is 0 Å². The van der Waals surface area contributed by atoms with Gasteiger partial charge in [-0.25, -0.2) is 0 Å². The Hall–Kier alpha value is -2.83. The summed E-state index contributed by atoms with van der Waals surface area (Å²) in [6, 6.07) is 10.9. The van der Waals surface area contributed by atoms with Gasteiger partial charge in [0.05, 0.1) is 5.56 Å². The average molecular weight is 376 g/mol. The summed E-state index contributed by atoms with van der Waals surface area (Å²) in [7, 11) is 0. The minimum atomic E-state index is -4.45. The van der Waals surface area contributed by atoms with Crippen molar-refractivity contribution in [2.24, 2.45) is 0 Å². The number of halogens is 3. The summed E-state index contributed by atoms with van der Waals surface area (Å²) < 4.78 is 38.0. The van der Waals surface area contributed by atoms with Gasteiger partial charge in [-0.05, 0) is 49.7 Å². The lowest BCUT2D eigenvalue weighted by atomic mass is 10.1. The second-order valence-electron chi connectivity index (χ2n) is 6.53. The summed E-state index contributed by atoms with van der Waals surface area (Å²) in [5.74, 6) is -0.662. The normalized spacial score (nSPS) is 18.0. The Morgan fingerprint density at radius 1 is 1.04 bits per heavy atom. The van der Waals surface area contributed by atoms with Crippen molar-refractivity contribution in [3.63, 3.8) is 0 Å². The van der Waals surface area contributed by atoms with E-state index in [1.807, 2.05) is 31.2 Å². The number of para-hydroxylation sites is 1. The fraction of sp³-hybridized carbons (Fsp3) is 0.300. The van der Waals surface area contributed by atoms with Gasteiger partial charge in [-0.1, -0.05) is 18.2 Å². The van der Waals surface area contributed by atoms with Crippen LogP contribution in [0.5, 0.6) is 0 Å². The van der Waals surface area contributed by atoms with Gasteiger partial charge in [0.25, 0.3) is 5.91 Å². The minimum absolute atomic E-state index is 0.131. The highest BCUT2D eigenvalue weighted by Gasteiger charge is 2.36. The third-order valence-corrected chi connectivity index (χ3v) is 4.78. The molecule has 2 aromatic carbocycles. The SMILES string of the molecule is Cc1ccccc1N1CCN(C(=O)c2ccc(C(F)(F)F)cc2)[C@@H](C)C1=O. The number of hydrogen-bond donors (Lipinski definition) is 0. The van der Waals surface area contributed by atoms with Crippen LogP contribution >= 0.6 is 0 Å². The van der Waals surface area contributed by atoms with E-state index in [1.165, 1.54) is 4.90 Å². The molecule has 7 heteroatoms. The molecule has 0 aromatic heterocycles. The zero-order valence-electron chi connectivity index (χ0n) is 15.0. The van der Waals surface area contributed by atoms with Crippen LogP contribution in [0.4, 0.5) is 18.9 Å². The molecule has 1 aliphatic heterocycles. The number of hydrogen-bond acceptors (Lipinski definition) is 2. The molecule has 1 heterocycles. The van der Waals surface area contributed by atoms with Gasteiger partial charge in [0.2, 0.25) is 5.91 Å². The molecule has 0 radical (unpaired) electrons. The van der Waals surface area contributed by atoms with Gasteiger partial charge in [0, 0.05) is 24.3 Å². The number of alkyl halides is 3. The van der Waals surface area contributed by atoms with Crippen molar-refractivity contribution in [3.8, 4) is 0 Å². The molecule has 2 amide bonds. The van der Waals surface area contributed by atoms with Crippen LogP contribution < -0.4 is 4.90 Å². The third-order valence-electron chi connectivity index (χ3n) is 4.78. The van der Waals surface area contributed by atoms with Gasteiger partial charge in [-0.3, -0.25) is 9.59 Å².